The van der Waals surface area contributed by atoms with E-state index in [2.05, 4.69) is 23.9 Å². The van der Waals surface area contributed by atoms with Crippen LogP contribution in [-0.2, 0) is 0 Å². The summed E-state index contributed by atoms with van der Waals surface area (Å²) in [4.78, 5) is 4.09. The maximum Gasteiger partial charge on any atom is 0.117 e. The number of hydrogen-bond donors (Lipinski definition) is 1. The molecule has 2 rings (SSSR count). The van der Waals surface area contributed by atoms with Crippen molar-refractivity contribution in [2.45, 2.75) is 32.7 Å². The molecule has 2 heterocycles. The summed E-state index contributed by atoms with van der Waals surface area (Å²) < 4.78 is 1.97. The number of pyridine rings is 1. The summed E-state index contributed by atoms with van der Waals surface area (Å²) in [6, 6.07) is 4.29. The fourth-order valence-electron chi connectivity index (χ4n) is 1.98. The Kier molecular flexibility index (Phi) is 3.42. The van der Waals surface area contributed by atoms with Gasteiger partial charge in [-0.25, -0.2) is 0 Å². The Labute approximate surface area is 101 Å². The molecule has 0 radical (unpaired) electrons. The summed E-state index contributed by atoms with van der Waals surface area (Å²) in [5.74, 6) is 0. The Morgan fingerprint density at radius 3 is 2.71 bits per heavy atom. The summed E-state index contributed by atoms with van der Waals surface area (Å²) >= 11 is 0. The molecule has 0 saturated carbocycles. The fraction of sp³-hybridized carbons (Fsp3) is 0.385. The lowest BCUT2D eigenvalue weighted by molar-refractivity contribution is 0.429. The van der Waals surface area contributed by atoms with Gasteiger partial charge in [0.1, 0.15) is 5.69 Å². The van der Waals surface area contributed by atoms with Crippen LogP contribution in [0.1, 0.15) is 32.7 Å². The van der Waals surface area contributed by atoms with Crippen molar-refractivity contribution in [3.8, 4) is 11.3 Å². The standard InChI is InChI=1S/C13H18N4/c1-3-11(4-2)17-9-12(14)13(16-17)10-6-5-7-15-8-10/h5-9,11H,3-4,14H2,1-2H3. The molecule has 17 heavy (non-hydrogen) atoms. The van der Waals surface area contributed by atoms with E-state index in [0.29, 0.717) is 11.7 Å². The van der Waals surface area contributed by atoms with Crippen molar-refractivity contribution in [3.05, 3.63) is 30.7 Å². The molecule has 0 aliphatic carbocycles. The molecule has 0 aromatic carbocycles. The van der Waals surface area contributed by atoms with Crippen LogP contribution in [0, 0.1) is 0 Å². The third-order valence-electron chi connectivity index (χ3n) is 3.01. The maximum absolute atomic E-state index is 6.01. The van der Waals surface area contributed by atoms with Gasteiger partial charge in [-0.3, -0.25) is 9.67 Å². The van der Waals surface area contributed by atoms with Crippen molar-refractivity contribution < 1.29 is 0 Å². The second-order valence-electron chi connectivity index (χ2n) is 4.13. The van der Waals surface area contributed by atoms with Gasteiger partial charge in [-0.15, -0.1) is 0 Å². The largest absolute Gasteiger partial charge is 0.396 e. The minimum atomic E-state index is 0.419. The van der Waals surface area contributed by atoms with Crippen LogP contribution in [0.15, 0.2) is 30.7 Å². The lowest BCUT2D eigenvalue weighted by Gasteiger charge is -2.12. The predicted octanol–water partition coefficient (Wildman–Crippen LogP) is 2.89. The van der Waals surface area contributed by atoms with Gasteiger partial charge < -0.3 is 5.73 Å². The van der Waals surface area contributed by atoms with E-state index in [1.54, 1.807) is 12.4 Å². The summed E-state index contributed by atoms with van der Waals surface area (Å²) in [6.07, 6.45) is 7.57. The number of hydrogen-bond acceptors (Lipinski definition) is 3. The molecule has 2 aromatic rings. The van der Waals surface area contributed by atoms with Crippen LogP contribution in [0.3, 0.4) is 0 Å². The quantitative estimate of drug-likeness (QED) is 0.878. The van der Waals surface area contributed by atoms with Gasteiger partial charge in [-0.2, -0.15) is 5.10 Å². The monoisotopic (exact) mass is 230 g/mol. The number of nitrogens with two attached hydrogens (primary N) is 1. The molecule has 0 amide bonds. The van der Waals surface area contributed by atoms with Gasteiger partial charge in [-0.05, 0) is 25.0 Å². The first-order valence-electron chi connectivity index (χ1n) is 6.01. The van der Waals surface area contributed by atoms with E-state index in [1.165, 1.54) is 0 Å². The number of aromatic nitrogens is 3. The average molecular weight is 230 g/mol. The van der Waals surface area contributed by atoms with E-state index >= 15 is 0 Å². The van der Waals surface area contributed by atoms with Crippen molar-refractivity contribution >= 4 is 5.69 Å². The molecule has 2 aromatic heterocycles. The zero-order chi connectivity index (χ0) is 12.3. The molecule has 0 aliphatic rings. The van der Waals surface area contributed by atoms with Gasteiger partial charge >= 0.3 is 0 Å². The Morgan fingerprint density at radius 1 is 1.35 bits per heavy atom. The molecule has 0 spiro atoms. The van der Waals surface area contributed by atoms with Gasteiger partial charge in [0, 0.05) is 24.2 Å². The smallest absolute Gasteiger partial charge is 0.117 e. The van der Waals surface area contributed by atoms with Crippen LogP contribution in [0.5, 0.6) is 0 Å². The van der Waals surface area contributed by atoms with Crippen LogP contribution in [0.25, 0.3) is 11.3 Å². The van der Waals surface area contributed by atoms with Crippen molar-refractivity contribution in [2.24, 2.45) is 0 Å². The topological polar surface area (TPSA) is 56.7 Å². The predicted molar refractivity (Wildman–Crippen MR) is 69.5 cm³/mol. The lowest BCUT2D eigenvalue weighted by atomic mass is 10.2. The second-order valence-corrected chi connectivity index (χ2v) is 4.13. The zero-order valence-electron chi connectivity index (χ0n) is 10.3. The minimum Gasteiger partial charge on any atom is -0.396 e. The van der Waals surface area contributed by atoms with Gasteiger partial charge in [0.05, 0.1) is 11.7 Å². The Balaban J connectivity index is 2.37. The molecule has 4 heteroatoms. The molecule has 0 bridgehead atoms. The van der Waals surface area contributed by atoms with Crippen LogP contribution < -0.4 is 5.73 Å². The summed E-state index contributed by atoms with van der Waals surface area (Å²) in [5, 5.41) is 4.57. The lowest BCUT2D eigenvalue weighted by Crippen LogP contribution is -2.07. The van der Waals surface area contributed by atoms with Crippen LogP contribution in [0.4, 0.5) is 5.69 Å². The van der Waals surface area contributed by atoms with E-state index in [1.807, 2.05) is 23.0 Å². The van der Waals surface area contributed by atoms with Crippen LogP contribution in [0.2, 0.25) is 0 Å². The van der Waals surface area contributed by atoms with Crippen LogP contribution in [-0.4, -0.2) is 14.8 Å². The van der Waals surface area contributed by atoms with E-state index in [9.17, 15) is 0 Å². The highest BCUT2D eigenvalue weighted by Gasteiger charge is 2.12. The molecule has 0 aliphatic heterocycles. The summed E-state index contributed by atoms with van der Waals surface area (Å²) in [7, 11) is 0. The SMILES string of the molecule is CCC(CC)n1cc(N)c(-c2cccnc2)n1. The first-order valence-corrected chi connectivity index (χ1v) is 6.01. The van der Waals surface area contributed by atoms with E-state index < -0.39 is 0 Å². The first-order chi connectivity index (χ1) is 8.26. The van der Waals surface area contributed by atoms with E-state index in [-0.39, 0.29) is 0 Å². The number of anilines is 1. The molecule has 2 N–H and O–H groups in total. The third kappa shape index (κ3) is 2.30. The molecule has 4 nitrogen and oxygen atoms in total. The highest BCUT2D eigenvalue weighted by Crippen LogP contribution is 2.26. The molecule has 0 atom stereocenters. The first kappa shape index (κ1) is 11.6. The highest BCUT2D eigenvalue weighted by atomic mass is 15.3. The van der Waals surface area contributed by atoms with E-state index in [4.69, 9.17) is 5.73 Å². The molecule has 90 valence electrons. The van der Waals surface area contributed by atoms with Gasteiger partial charge in [-0.1, -0.05) is 13.8 Å². The van der Waals surface area contributed by atoms with Gasteiger partial charge in [0.15, 0.2) is 0 Å². The van der Waals surface area contributed by atoms with Gasteiger partial charge in [0.2, 0.25) is 0 Å². The normalized spacial score (nSPS) is 11.0. The number of nitrogen functional groups attached to an aromatic ring is 1. The Morgan fingerprint density at radius 2 is 2.12 bits per heavy atom. The minimum absolute atomic E-state index is 0.419. The third-order valence-corrected chi connectivity index (χ3v) is 3.01. The summed E-state index contributed by atoms with van der Waals surface area (Å²) in [6.45, 7) is 4.32. The molecule has 0 saturated heterocycles. The molecule has 0 fully saturated rings. The zero-order valence-corrected chi connectivity index (χ0v) is 10.3. The number of nitrogens with zero attached hydrogens (tertiary/aromatic N) is 3. The molecular formula is C13H18N4. The maximum atomic E-state index is 6.01. The van der Waals surface area contributed by atoms with E-state index in [0.717, 1.165) is 24.1 Å². The molecule has 0 unspecified atom stereocenters. The van der Waals surface area contributed by atoms with Crippen molar-refractivity contribution in [1.82, 2.24) is 14.8 Å². The fourth-order valence-corrected chi connectivity index (χ4v) is 1.98. The Hall–Kier alpha value is -1.84. The average Bonchev–Trinajstić information content (AvgIpc) is 2.74. The van der Waals surface area contributed by atoms with Crippen molar-refractivity contribution in [2.75, 3.05) is 5.73 Å². The molecular weight excluding hydrogens is 212 g/mol. The highest BCUT2D eigenvalue weighted by molar-refractivity contribution is 5.71. The number of rotatable bonds is 4. The summed E-state index contributed by atoms with van der Waals surface area (Å²) in [5.41, 5.74) is 8.51. The second kappa shape index (κ2) is 4.99. The van der Waals surface area contributed by atoms with Crippen LogP contribution >= 0.6 is 0 Å². The Bertz CT molecular complexity index is 471. The van der Waals surface area contributed by atoms with Gasteiger partial charge in [0.25, 0.3) is 0 Å². The van der Waals surface area contributed by atoms with Crippen molar-refractivity contribution in [1.29, 1.82) is 0 Å². The van der Waals surface area contributed by atoms with Crippen molar-refractivity contribution in [3.63, 3.8) is 0 Å².